The predicted octanol–water partition coefficient (Wildman–Crippen LogP) is 4.02. The van der Waals surface area contributed by atoms with Crippen molar-refractivity contribution < 1.29 is 9.53 Å². The first kappa shape index (κ1) is 11.9. The Hall–Kier alpha value is -1.61. The van der Waals surface area contributed by atoms with Gasteiger partial charge in [-0.3, -0.25) is 4.79 Å². The second-order valence-corrected chi connectivity index (χ2v) is 4.64. The zero-order valence-electron chi connectivity index (χ0n) is 9.68. The van der Waals surface area contributed by atoms with Gasteiger partial charge in [0.1, 0.15) is 5.75 Å². The number of carbonyl (C=O) groups is 1. The lowest BCUT2D eigenvalue weighted by atomic mass is 10.1. The number of hydrogen-bond donors (Lipinski definition) is 0. The van der Waals surface area contributed by atoms with Gasteiger partial charge in [0, 0.05) is 4.88 Å². The highest BCUT2D eigenvalue weighted by atomic mass is 32.1. The minimum atomic E-state index is 0.615. The molecule has 0 aliphatic heterocycles. The van der Waals surface area contributed by atoms with Crippen molar-refractivity contribution in [2.24, 2.45) is 0 Å². The highest BCUT2D eigenvalue weighted by Gasteiger charge is 2.06. The van der Waals surface area contributed by atoms with E-state index < -0.39 is 0 Å². The van der Waals surface area contributed by atoms with Crippen LogP contribution in [0.15, 0.2) is 35.7 Å². The van der Waals surface area contributed by atoms with Gasteiger partial charge in [-0.15, -0.1) is 11.3 Å². The Kier molecular flexibility index (Phi) is 3.94. The van der Waals surface area contributed by atoms with Crippen LogP contribution >= 0.6 is 11.3 Å². The standard InChI is InChI=1S/C14H14O2S/c1-2-7-16-13-6-5-11(9-12(13)10-15)14-4-3-8-17-14/h3-6,8-10H,2,7H2,1H3. The zero-order valence-corrected chi connectivity index (χ0v) is 10.5. The molecule has 88 valence electrons. The highest BCUT2D eigenvalue weighted by molar-refractivity contribution is 7.13. The van der Waals surface area contributed by atoms with Gasteiger partial charge in [0.25, 0.3) is 0 Å². The first-order valence-electron chi connectivity index (χ1n) is 5.61. The molecule has 2 aromatic rings. The predicted molar refractivity (Wildman–Crippen MR) is 70.9 cm³/mol. The number of carbonyl (C=O) groups excluding carboxylic acids is 1. The number of hydrogen-bond acceptors (Lipinski definition) is 3. The summed E-state index contributed by atoms with van der Waals surface area (Å²) in [4.78, 5) is 12.2. The SMILES string of the molecule is CCCOc1ccc(-c2cccs2)cc1C=O. The molecule has 1 aromatic carbocycles. The van der Waals surface area contributed by atoms with Crippen molar-refractivity contribution in [3.05, 3.63) is 41.3 Å². The van der Waals surface area contributed by atoms with Crippen molar-refractivity contribution >= 4 is 17.6 Å². The largest absolute Gasteiger partial charge is 0.493 e. The summed E-state index contributed by atoms with van der Waals surface area (Å²) in [5, 5.41) is 2.03. The third-order valence-electron chi connectivity index (χ3n) is 2.40. The fourth-order valence-electron chi connectivity index (χ4n) is 1.58. The van der Waals surface area contributed by atoms with E-state index in [0.29, 0.717) is 17.9 Å². The van der Waals surface area contributed by atoms with Gasteiger partial charge in [-0.05, 0) is 41.6 Å². The summed E-state index contributed by atoms with van der Waals surface area (Å²) in [7, 11) is 0. The number of thiophene rings is 1. The van der Waals surface area contributed by atoms with E-state index in [1.165, 1.54) is 0 Å². The van der Waals surface area contributed by atoms with Crippen LogP contribution in [0.25, 0.3) is 10.4 Å². The van der Waals surface area contributed by atoms with Gasteiger partial charge < -0.3 is 4.74 Å². The second-order valence-electron chi connectivity index (χ2n) is 3.70. The van der Waals surface area contributed by atoms with E-state index in [1.54, 1.807) is 11.3 Å². The number of aldehydes is 1. The molecule has 0 aliphatic carbocycles. The Bertz CT molecular complexity index is 489. The molecule has 0 atom stereocenters. The molecular weight excluding hydrogens is 232 g/mol. The van der Waals surface area contributed by atoms with Crippen molar-refractivity contribution in [1.29, 1.82) is 0 Å². The Labute approximate surface area is 105 Å². The van der Waals surface area contributed by atoms with E-state index in [-0.39, 0.29) is 0 Å². The van der Waals surface area contributed by atoms with Crippen molar-refractivity contribution in [3.8, 4) is 16.2 Å². The van der Waals surface area contributed by atoms with E-state index in [0.717, 1.165) is 23.1 Å². The van der Waals surface area contributed by atoms with E-state index in [9.17, 15) is 4.79 Å². The van der Waals surface area contributed by atoms with Gasteiger partial charge in [0.05, 0.1) is 12.2 Å². The maximum atomic E-state index is 11.0. The topological polar surface area (TPSA) is 26.3 Å². The molecule has 0 unspecified atom stereocenters. The van der Waals surface area contributed by atoms with Crippen LogP contribution in [-0.2, 0) is 0 Å². The summed E-state index contributed by atoms with van der Waals surface area (Å²) in [6.07, 6.45) is 1.78. The second kappa shape index (κ2) is 5.64. The first-order valence-corrected chi connectivity index (χ1v) is 6.49. The van der Waals surface area contributed by atoms with Crippen molar-refractivity contribution in [2.45, 2.75) is 13.3 Å². The maximum Gasteiger partial charge on any atom is 0.153 e. The molecule has 0 saturated carbocycles. The highest BCUT2D eigenvalue weighted by Crippen LogP contribution is 2.28. The minimum Gasteiger partial charge on any atom is -0.493 e. The zero-order chi connectivity index (χ0) is 12.1. The summed E-state index contributed by atoms with van der Waals surface area (Å²) in [6, 6.07) is 9.78. The molecule has 0 radical (unpaired) electrons. The maximum absolute atomic E-state index is 11.0. The van der Waals surface area contributed by atoms with Gasteiger partial charge >= 0.3 is 0 Å². The Morgan fingerprint density at radius 2 is 2.24 bits per heavy atom. The Balaban J connectivity index is 2.31. The summed E-state index contributed by atoms with van der Waals surface area (Å²) in [5.74, 6) is 0.669. The number of rotatable bonds is 5. The molecule has 0 fully saturated rings. The van der Waals surface area contributed by atoms with Crippen LogP contribution in [-0.4, -0.2) is 12.9 Å². The van der Waals surface area contributed by atoms with Crippen LogP contribution in [0.1, 0.15) is 23.7 Å². The van der Waals surface area contributed by atoms with Gasteiger partial charge in [0.15, 0.2) is 6.29 Å². The van der Waals surface area contributed by atoms with Crippen LogP contribution in [0, 0.1) is 0 Å². The third kappa shape index (κ3) is 2.74. The molecule has 0 amide bonds. The molecule has 0 aliphatic rings. The Morgan fingerprint density at radius 3 is 2.88 bits per heavy atom. The van der Waals surface area contributed by atoms with Crippen molar-refractivity contribution in [2.75, 3.05) is 6.61 Å². The quantitative estimate of drug-likeness (QED) is 0.745. The molecule has 2 rings (SSSR count). The van der Waals surface area contributed by atoms with E-state index in [4.69, 9.17) is 4.74 Å². The molecule has 0 N–H and O–H groups in total. The summed E-state index contributed by atoms with van der Waals surface area (Å²) < 4.78 is 5.52. The van der Waals surface area contributed by atoms with Crippen LogP contribution < -0.4 is 4.74 Å². The summed E-state index contributed by atoms with van der Waals surface area (Å²) >= 11 is 1.66. The molecule has 17 heavy (non-hydrogen) atoms. The molecule has 0 saturated heterocycles. The average Bonchev–Trinajstić information content (AvgIpc) is 2.90. The lowest BCUT2D eigenvalue weighted by Crippen LogP contribution is -1.98. The smallest absolute Gasteiger partial charge is 0.153 e. The normalized spacial score (nSPS) is 10.2. The third-order valence-corrected chi connectivity index (χ3v) is 3.32. The number of benzene rings is 1. The molecule has 1 heterocycles. The lowest BCUT2D eigenvalue weighted by molar-refractivity contribution is 0.111. The lowest BCUT2D eigenvalue weighted by Gasteiger charge is -2.08. The van der Waals surface area contributed by atoms with Crippen LogP contribution in [0.4, 0.5) is 0 Å². The van der Waals surface area contributed by atoms with E-state index >= 15 is 0 Å². The van der Waals surface area contributed by atoms with Gasteiger partial charge in [-0.2, -0.15) is 0 Å². The van der Waals surface area contributed by atoms with Gasteiger partial charge in [0.2, 0.25) is 0 Å². The molecule has 0 spiro atoms. The molecule has 1 aromatic heterocycles. The van der Waals surface area contributed by atoms with Crippen LogP contribution in [0.5, 0.6) is 5.75 Å². The fraction of sp³-hybridized carbons (Fsp3) is 0.214. The minimum absolute atomic E-state index is 0.615. The molecule has 0 bridgehead atoms. The summed E-state index contributed by atoms with van der Waals surface area (Å²) in [6.45, 7) is 2.68. The molecule has 2 nitrogen and oxygen atoms in total. The molecular formula is C14H14O2S. The molecule has 3 heteroatoms. The van der Waals surface area contributed by atoms with E-state index in [1.807, 2.05) is 42.6 Å². The van der Waals surface area contributed by atoms with Crippen molar-refractivity contribution in [1.82, 2.24) is 0 Å². The Morgan fingerprint density at radius 1 is 1.35 bits per heavy atom. The van der Waals surface area contributed by atoms with E-state index in [2.05, 4.69) is 0 Å². The van der Waals surface area contributed by atoms with Gasteiger partial charge in [-0.1, -0.05) is 13.0 Å². The van der Waals surface area contributed by atoms with Gasteiger partial charge in [-0.25, -0.2) is 0 Å². The fourth-order valence-corrected chi connectivity index (χ4v) is 2.30. The van der Waals surface area contributed by atoms with Crippen LogP contribution in [0.3, 0.4) is 0 Å². The van der Waals surface area contributed by atoms with Crippen LogP contribution in [0.2, 0.25) is 0 Å². The number of ether oxygens (including phenoxy) is 1. The monoisotopic (exact) mass is 246 g/mol. The first-order chi connectivity index (χ1) is 8.35. The summed E-state index contributed by atoms with van der Waals surface area (Å²) in [5.41, 5.74) is 1.68. The van der Waals surface area contributed by atoms with Crippen molar-refractivity contribution in [3.63, 3.8) is 0 Å². The average molecular weight is 246 g/mol.